The predicted molar refractivity (Wildman–Crippen MR) is 86.0 cm³/mol. The van der Waals surface area contributed by atoms with Crippen LogP contribution in [0.25, 0.3) is 0 Å². The molecule has 1 heteroatoms. The van der Waals surface area contributed by atoms with Crippen LogP contribution in [0.4, 0.5) is 0 Å². The van der Waals surface area contributed by atoms with Crippen LogP contribution in [0.5, 0.6) is 0 Å². The van der Waals surface area contributed by atoms with Gasteiger partial charge in [0.15, 0.2) is 0 Å². The predicted octanol–water partition coefficient (Wildman–Crippen LogP) is 5.04. The van der Waals surface area contributed by atoms with Crippen LogP contribution in [0.2, 0.25) is 0 Å². The number of nitrogens with one attached hydrogen (secondary N) is 1. The molecular weight excluding hydrogens is 242 g/mol. The second kappa shape index (κ2) is 6.30. The summed E-state index contributed by atoms with van der Waals surface area (Å²) in [6, 6.07) is 9.66. The molecule has 1 nitrogen and oxygen atoms in total. The van der Waals surface area contributed by atoms with Gasteiger partial charge in [-0.25, -0.2) is 0 Å². The van der Waals surface area contributed by atoms with Crippen molar-refractivity contribution in [3.63, 3.8) is 0 Å². The summed E-state index contributed by atoms with van der Waals surface area (Å²) in [6.45, 7) is 6.00. The normalized spacial score (nSPS) is 33.7. The molecule has 0 saturated heterocycles. The van der Waals surface area contributed by atoms with Gasteiger partial charge in [0.25, 0.3) is 0 Å². The van der Waals surface area contributed by atoms with E-state index >= 15 is 0 Å². The molecule has 1 aromatic rings. The van der Waals surface area contributed by atoms with Crippen LogP contribution in [0.15, 0.2) is 24.3 Å². The largest absolute Gasteiger partial charge is 0.310 e. The Morgan fingerprint density at radius 1 is 0.900 bits per heavy atom. The zero-order valence-electron chi connectivity index (χ0n) is 13.1. The maximum absolute atomic E-state index is 3.88. The second-order valence-electron chi connectivity index (χ2n) is 7.19. The molecule has 2 aliphatic rings. The van der Waals surface area contributed by atoms with Crippen LogP contribution in [0, 0.1) is 11.8 Å². The highest BCUT2D eigenvalue weighted by Crippen LogP contribution is 2.37. The Morgan fingerprint density at radius 2 is 1.60 bits per heavy atom. The molecule has 0 aromatic heterocycles. The molecule has 3 rings (SSSR count). The van der Waals surface area contributed by atoms with Crippen molar-refractivity contribution in [3.8, 4) is 0 Å². The van der Waals surface area contributed by atoms with E-state index < -0.39 is 0 Å². The monoisotopic (exact) mass is 271 g/mol. The topological polar surface area (TPSA) is 12.0 Å². The van der Waals surface area contributed by atoms with E-state index in [4.69, 9.17) is 0 Å². The molecule has 20 heavy (non-hydrogen) atoms. The van der Waals surface area contributed by atoms with Crippen molar-refractivity contribution < 1.29 is 0 Å². The molecule has 2 unspecified atom stereocenters. The quantitative estimate of drug-likeness (QED) is 0.812. The summed E-state index contributed by atoms with van der Waals surface area (Å²) in [7, 11) is 0. The first-order chi connectivity index (χ1) is 9.74. The second-order valence-corrected chi connectivity index (χ2v) is 7.19. The van der Waals surface area contributed by atoms with Crippen LogP contribution in [-0.4, -0.2) is 6.54 Å². The van der Waals surface area contributed by atoms with E-state index in [1.165, 1.54) is 45.1 Å². The fourth-order valence-electron chi connectivity index (χ4n) is 4.06. The first-order valence-electron chi connectivity index (χ1n) is 8.56. The van der Waals surface area contributed by atoms with E-state index in [0.717, 1.165) is 17.8 Å². The van der Waals surface area contributed by atoms with Gasteiger partial charge in [-0.1, -0.05) is 51.0 Å². The molecule has 1 N–H and O–H groups in total. The summed E-state index contributed by atoms with van der Waals surface area (Å²) in [6.07, 6.45) is 8.37. The van der Waals surface area contributed by atoms with Gasteiger partial charge in [0, 0.05) is 6.04 Å². The molecule has 0 amide bonds. The molecule has 110 valence electrons. The minimum absolute atomic E-state index is 0.599. The lowest BCUT2D eigenvalue weighted by Gasteiger charge is -2.33. The highest BCUT2D eigenvalue weighted by atomic mass is 14.9. The first kappa shape index (κ1) is 14.1. The number of benzene rings is 1. The van der Waals surface area contributed by atoms with Crippen molar-refractivity contribution in [2.75, 3.05) is 6.54 Å². The Morgan fingerprint density at radius 3 is 2.35 bits per heavy atom. The first-order valence-corrected chi connectivity index (χ1v) is 8.56. The van der Waals surface area contributed by atoms with Gasteiger partial charge in [0.05, 0.1) is 0 Å². The Bertz CT molecular complexity index is 431. The van der Waals surface area contributed by atoms with Gasteiger partial charge in [-0.15, -0.1) is 0 Å². The molecular formula is C19H29N. The van der Waals surface area contributed by atoms with E-state index in [2.05, 4.69) is 43.4 Å². The molecule has 2 atom stereocenters. The highest BCUT2D eigenvalue weighted by Gasteiger charge is 2.25. The number of rotatable bonds is 3. The summed E-state index contributed by atoms with van der Waals surface area (Å²) in [5.41, 5.74) is 3.14. The lowest BCUT2D eigenvalue weighted by atomic mass is 9.80. The molecule has 2 aliphatic carbocycles. The zero-order valence-corrected chi connectivity index (χ0v) is 13.1. The third-order valence-electron chi connectivity index (χ3n) is 5.58. The summed E-state index contributed by atoms with van der Waals surface area (Å²) >= 11 is 0. The van der Waals surface area contributed by atoms with Crippen molar-refractivity contribution in [1.29, 1.82) is 0 Å². The maximum Gasteiger partial charge on any atom is 0.0323 e. The summed E-state index contributed by atoms with van der Waals surface area (Å²) in [4.78, 5) is 0. The van der Waals surface area contributed by atoms with Gasteiger partial charge in [-0.3, -0.25) is 0 Å². The lowest BCUT2D eigenvalue weighted by Crippen LogP contribution is -2.31. The smallest absolute Gasteiger partial charge is 0.0323 e. The lowest BCUT2D eigenvalue weighted by molar-refractivity contribution is 0.269. The molecule has 1 aromatic carbocycles. The molecule has 0 heterocycles. The summed E-state index contributed by atoms with van der Waals surface area (Å²) in [5, 5.41) is 3.88. The summed E-state index contributed by atoms with van der Waals surface area (Å²) < 4.78 is 0. The molecule has 0 aliphatic heterocycles. The molecule has 1 saturated carbocycles. The maximum atomic E-state index is 3.88. The SMILES string of the molecule is CC1CCC(CNC2CCC(C)c3ccccc32)CC1. The molecule has 0 bridgehead atoms. The third-order valence-corrected chi connectivity index (χ3v) is 5.58. The Balaban J connectivity index is 1.60. The third kappa shape index (κ3) is 3.09. The van der Waals surface area contributed by atoms with Gasteiger partial charge in [-0.05, 0) is 61.1 Å². The van der Waals surface area contributed by atoms with Crippen LogP contribution < -0.4 is 5.32 Å². The van der Waals surface area contributed by atoms with Gasteiger partial charge in [0.1, 0.15) is 0 Å². The van der Waals surface area contributed by atoms with Crippen LogP contribution in [0.1, 0.15) is 75.5 Å². The van der Waals surface area contributed by atoms with Gasteiger partial charge in [0.2, 0.25) is 0 Å². The van der Waals surface area contributed by atoms with Crippen molar-refractivity contribution in [3.05, 3.63) is 35.4 Å². The van der Waals surface area contributed by atoms with Gasteiger partial charge >= 0.3 is 0 Å². The van der Waals surface area contributed by atoms with E-state index in [9.17, 15) is 0 Å². The van der Waals surface area contributed by atoms with Gasteiger partial charge in [-0.2, -0.15) is 0 Å². The average molecular weight is 271 g/mol. The van der Waals surface area contributed by atoms with Crippen LogP contribution in [0.3, 0.4) is 0 Å². The Hall–Kier alpha value is -0.820. The minimum atomic E-state index is 0.599. The van der Waals surface area contributed by atoms with Crippen molar-refractivity contribution in [2.45, 2.75) is 64.3 Å². The minimum Gasteiger partial charge on any atom is -0.310 e. The fraction of sp³-hybridized carbons (Fsp3) is 0.684. The number of hydrogen-bond acceptors (Lipinski definition) is 1. The van der Waals surface area contributed by atoms with E-state index in [-0.39, 0.29) is 0 Å². The van der Waals surface area contributed by atoms with Crippen molar-refractivity contribution in [2.24, 2.45) is 11.8 Å². The summed E-state index contributed by atoms with van der Waals surface area (Å²) in [5.74, 6) is 2.61. The van der Waals surface area contributed by atoms with Crippen molar-refractivity contribution >= 4 is 0 Å². The number of hydrogen-bond donors (Lipinski definition) is 1. The van der Waals surface area contributed by atoms with Gasteiger partial charge < -0.3 is 5.32 Å². The van der Waals surface area contributed by atoms with E-state index in [1.807, 2.05) is 0 Å². The van der Waals surface area contributed by atoms with Crippen molar-refractivity contribution in [1.82, 2.24) is 5.32 Å². The zero-order chi connectivity index (χ0) is 13.9. The number of fused-ring (bicyclic) bond motifs is 1. The average Bonchev–Trinajstić information content (AvgIpc) is 2.49. The van der Waals surface area contributed by atoms with Crippen LogP contribution >= 0.6 is 0 Å². The van der Waals surface area contributed by atoms with E-state index in [0.29, 0.717) is 6.04 Å². The Labute approximate surface area is 124 Å². The Kier molecular flexibility index (Phi) is 4.45. The van der Waals surface area contributed by atoms with E-state index in [1.54, 1.807) is 11.1 Å². The molecule has 0 spiro atoms. The fourth-order valence-corrected chi connectivity index (χ4v) is 4.06. The highest BCUT2D eigenvalue weighted by molar-refractivity contribution is 5.34. The standard InChI is InChI=1S/C19H29N/c1-14-7-10-16(11-8-14)13-20-19-12-9-15(2)17-5-3-4-6-18(17)19/h3-6,14-16,19-20H,7-13H2,1-2H3. The van der Waals surface area contributed by atoms with Crippen LogP contribution in [-0.2, 0) is 0 Å². The molecule has 0 radical (unpaired) electrons. The molecule has 1 fully saturated rings.